The lowest BCUT2D eigenvalue weighted by Gasteiger charge is -2.29. The third kappa shape index (κ3) is 4.08. The van der Waals surface area contributed by atoms with Crippen LogP contribution in [0.1, 0.15) is 21.6 Å². The fourth-order valence-electron chi connectivity index (χ4n) is 2.81. The fourth-order valence-corrected chi connectivity index (χ4v) is 2.81. The molecule has 3 rings (SSSR count). The molecule has 1 amide bonds. The third-order valence-corrected chi connectivity index (χ3v) is 4.19. The first-order valence-corrected chi connectivity index (χ1v) is 8.24. The molecule has 0 saturated carbocycles. The minimum atomic E-state index is -1.40. The second kappa shape index (κ2) is 7.74. The minimum absolute atomic E-state index is 0.0464. The van der Waals surface area contributed by atoms with Gasteiger partial charge in [-0.1, -0.05) is 17.3 Å². The van der Waals surface area contributed by atoms with Crippen molar-refractivity contribution in [3.63, 3.8) is 0 Å². The largest absolute Gasteiger partial charge is 0.547 e. The molecular weight excluding hydrogens is 355 g/mol. The van der Waals surface area contributed by atoms with E-state index in [1.807, 2.05) is 0 Å². The van der Waals surface area contributed by atoms with E-state index in [0.717, 1.165) is 0 Å². The Labute approximate surface area is 154 Å². The highest BCUT2D eigenvalue weighted by Crippen LogP contribution is 2.30. The zero-order valence-corrected chi connectivity index (χ0v) is 14.3. The highest BCUT2D eigenvalue weighted by molar-refractivity contribution is 6.47. The molecule has 1 aliphatic rings. The van der Waals surface area contributed by atoms with Gasteiger partial charge in [0, 0.05) is 12.7 Å². The normalized spacial score (nSPS) is 17.0. The molecule has 0 radical (unpaired) electrons. The van der Waals surface area contributed by atoms with Crippen LogP contribution in [0.2, 0.25) is 0 Å². The molecular formula is C15H19BN6O5. The molecule has 11 nitrogen and oxygen atoms in total. The summed E-state index contributed by atoms with van der Waals surface area (Å²) in [6.45, 7) is 0.313. The molecule has 27 heavy (non-hydrogen) atoms. The lowest BCUT2D eigenvalue weighted by molar-refractivity contribution is -0.123. The summed E-state index contributed by atoms with van der Waals surface area (Å²) in [5.41, 5.74) is 12.4. The van der Waals surface area contributed by atoms with Crippen LogP contribution >= 0.6 is 0 Å². The smallest absolute Gasteiger partial charge is 0.534 e. The summed E-state index contributed by atoms with van der Waals surface area (Å²) in [4.78, 5) is 23.6. The average Bonchev–Trinajstić information content (AvgIpc) is 3.09. The van der Waals surface area contributed by atoms with E-state index in [0.29, 0.717) is 11.3 Å². The molecule has 12 heteroatoms. The van der Waals surface area contributed by atoms with Crippen molar-refractivity contribution in [1.29, 1.82) is 0 Å². The van der Waals surface area contributed by atoms with E-state index in [1.54, 1.807) is 18.3 Å². The maximum atomic E-state index is 12.3. The summed E-state index contributed by atoms with van der Waals surface area (Å²) in [5, 5.41) is 29.6. The maximum absolute atomic E-state index is 12.3. The van der Waals surface area contributed by atoms with Crippen molar-refractivity contribution in [3.8, 4) is 5.75 Å². The summed E-state index contributed by atoms with van der Waals surface area (Å²) in [6.07, 6.45) is 1.80. The summed E-state index contributed by atoms with van der Waals surface area (Å²) < 4.78 is 6.74. The van der Waals surface area contributed by atoms with E-state index in [-0.39, 0.29) is 30.8 Å². The fraction of sp³-hybridized carbons (Fsp3) is 0.333. The number of nitrogens with one attached hydrogen (secondary N) is 1. The molecule has 142 valence electrons. The second-order valence-electron chi connectivity index (χ2n) is 6.17. The highest BCUT2D eigenvalue weighted by Gasteiger charge is 2.38. The monoisotopic (exact) mass is 374 g/mol. The van der Waals surface area contributed by atoms with Crippen molar-refractivity contribution in [2.45, 2.75) is 31.5 Å². The zero-order valence-electron chi connectivity index (χ0n) is 14.3. The Morgan fingerprint density at radius 2 is 2.26 bits per heavy atom. The number of hydrogen-bond acceptors (Lipinski definition) is 8. The third-order valence-electron chi connectivity index (χ3n) is 4.19. The van der Waals surface area contributed by atoms with Crippen molar-refractivity contribution < 1.29 is 24.4 Å². The van der Waals surface area contributed by atoms with Gasteiger partial charge in [0.15, 0.2) is 0 Å². The Kier molecular flexibility index (Phi) is 5.39. The number of para-hydroxylation sites is 1. The van der Waals surface area contributed by atoms with Crippen LogP contribution in [0.15, 0.2) is 24.4 Å². The first kappa shape index (κ1) is 18.8. The number of carboxylic acids is 1. The number of carbonyl (C=O) groups is 2. The van der Waals surface area contributed by atoms with Crippen molar-refractivity contribution in [1.82, 2.24) is 20.3 Å². The van der Waals surface area contributed by atoms with E-state index in [1.165, 1.54) is 10.7 Å². The van der Waals surface area contributed by atoms with E-state index in [2.05, 4.69) is 15.6 Å². The van der Waals surface area contributed by atoms with Gasteiger partial charge in [0.1, 0.15) is 11.8 Å². The Morgan fingerprint density at radius 3 is 2.93 bits per heavy atom. The quantitative estimate of drug-likeness (QED) is 0.354. The number of fused-ring (bicyclic) bond motifs is 1. The van der Waals surface area contributed by atoms with Gasteiger partial charge in [-0.05, 0) is 18.1 Å². The van der Waals surface area contributed by atoms with Crippen LogP contribution in [-0.4, -0.2) is 56.1 Å². The van der Waals surface area contributed by atoms with Gasteiger partial charge in [0.25, 0.3) is 0 Å². The highest BCUT2D eigenvalue weighted by atomic mass is 16.5. The number of rotatable bonds is 6. The maximum Gasteiger partial charge on any atom is 0.547 e. The number of benzene rings is 1. The second-order valence-corrected chi connectivity index (χ2v) is 6.17. The van der Waals surface area contributed by atoms with Crippen molar-refractivity contribution in [3.05, 3.63) is 41.2 Å². The summed E-state index contributed by atoms with van der Waals surface area (Å²) in [7, 11) is -1.40. The van der Waals surface area contributed by atoms with E-state index < -0.39 is 31.0 Å². The summed E-state index contributed by atoms with van der Waals surface area (Å²) in [5.74, 6) is -2.34. The lowest BCUT2D eigenvalue weighted by atomic mass is 9.72. The van der Waals surface area contributed by atoms with Gasteiger partial charge in [0.2, 0.25) is 5.91 Å². The van der Waals surface area contributed by atoms with Crippen LogP contribution in [0, 0.1) is 0 Å². The number of nitrogens with zero attached hydrogens (tertiary/aromatic N) is 3. The standard InChI is InChI=1S/C15H19BN6O5/c17-5-9-6-22(21-20-9)7-11(18)14(23)19-12-4-8-2-1-3-10(15(24)25)13(8)27-16(12)26/h1-3,6,11-12,26H,4-5,7,17-18H2,(H,19,23)(H,24,25). The van der Waals surface area contributed by atoms with Crippen LogP contribution in [0.3, 0.4) is 0 Å². The molecule has 1 aliphatic heterocycles. The van der Waals surface area contributed by atoms with Gasteiger partial charge in [0.05, 0.1) is 23.7 Å². The number of carboxylic acid groups (broad SMARTS) is 1. The SMILES string of the molecule is NCc1cn(CC(N)C(=O)NC2Cc3cccc(C(=O)O)c3OB2O)nn1. The topological polar surface area (TPSA) is 179 Å². The zero-order chi connectivity index (χ0) is 19.6. The van der Waals surface area contributed by atoms with Crippen LogP contribution in [-0.2, 0) is 24.3 Å². The lowest BCUT2D eigenvalue weighted by Crippen LogP contribution is -2.57. The average molecular weight is 374 g/mol. The molecule has 2 heterocycles. The Morgan fingerprint density at radius 1 is 1.48 bits per heavy atom. The van der Waals surface area contributed by atoms with Crippen molar-refractivity contribution in [2.24, 2.45) is 11.5 Å². The summed E-state index contributed by atoms with van der Waals surface area (Å²) >= 11 is 0. The molecule has 1 aromatic carbocycles. The Balaban J connectivity index is 1.66. The minimum Gasteiger partial charge on any atom is -0.534 e. The summed E-state index contributed by atoms with van der Waals surface area (Å²) in [6, 6.07) is 3.71. The van der Waals surface area contributed by atoms with Gasteiger partial charge in [-0.2, -0.15) is 0 Å². The van der Waals surface area contributed by atoms with Crippen LogP contribution < -0.4 is 21.4 Å². The first-order chi connectivity index (χ1) is 12.9. The molecule has 1 aromatic heterocycles. The number of amides is 1. The van der Waals surface area contributed by atoms with Gasteiger partial charge < -0.3 is 31.6 Å². The number of carbonyl (C=O) groups excluding carboxylic acids is 1. The van der Waals surface area contributed by atoms with Crippen molar-refractivity contribution >= 4 is 19.0 Å². The Bertz CT molecular complexity index is 859. The molecule has 0 saturated heterocycles. The number of aromatic nitrogens is 3. The number of hydrogen-bond donors (Lipinski definition) is 5. The molecule has 0 spiro atoms. The van der Waals surface area contributed by atoms with Gasteiger partial charge in [-0.25, -0.2) is 4.79 Å². The molecule has 2 aromatic rings. The molecule has 0 bridgehead atoms. The van der Waals surface area contributed by atoms with E-state index in [4.69, 9.17) is 16.1 Å². The van der Waals surface area contributed by atoms with Crippen molar-refractivity contribution in [2.75, 3.05) is 0 Å². The van der Waals surface area contributed by atoms with Gasteiger partial charge in [-0.15, -0.1) is 5.10 Å². The molecule has 2 atom stereocenters. The predicted molar refractivity (Wildman–Crippen MR) is 93.5 cm³/mol. The number of aromatic carboxylic acids is 1. The number of nitrogens with two attached hydrogens (primary N) is 2. The van der Waals surface area contributed by atoms with E-state index >= 15 is 0 Å². The van der Waals surface area contributed by atoms with Crippen LogP contribution in [0.4, 0.5) is 0 Å². The molecule has 0 fully saturated rings. The van der Waals surface area contributed by atoms with Gasteiger partial charge in [-0.3, -0.25) is 9.48 Å². The van der Waals surface area contributed by atoms with Crippen LogP contribution in [0.25, 0.3) is 0 Å². The predicted octanol–water partition coefficient (Wildman–Crippen LogP) is -2.10. The van der Waals surface area contributed by atoms with Crippen LogP contribution in [0.5, 0.6) is 5.75 Å². The van der Waals surface area contributed by atoms with Gasteiger partial charge >= 0.3 is 13.1 Å². The molecule has 7 N–H and O–H groups in total. The molecule has 0 aliphatic carbocycles. The van der Waals surface area contributed by atoms with E-state index in [9.17, 15) is 19.7 Å². The first-order valence-electron chi connectivity index (χ1n) is 8.24. The Hall–Kier alpha value is -2.96. The molecule has 2 unspecified atom stereocenters.